The Kier molecular flexibility index (Phi) is 2.47. The molecule has 0 amide bonds. The summed E-state index contributed by atoms with van der Waals surface area (Å²) >= 11 is 0. The second-order valence-corrected chi connectivity index (χ2v) is 5.10. The van der Waals surface area contributed by atoms with Crippen molar-refractivity contribution in [3.05, 3.63) is 48.5 Å². The van der Waals surface area contributed by atoms with Gasteiger partial charge in [-0.15, -0.1) is 0 Å². The summed E-state index contributed by atoms with van der Waals surface area (Å²) in [4.78, 5) is 0. The molecule has 0 fully saturated rings. The van der Waals surface area contributed by atoms with Crippen molar-refractivity contribution in [2.24, 2.45) is 14.1 Å². The van der Waals surface area contributed by atoms with Gasteiger partial charge >= 0.3 is 0 Å². The largest absolute Gasteiger partial charge is 0.321 e. The summed E-state index contributed by atoms with van der Waals surface area (Å²) in [5.74, 6) is 1.66. The normalized spacial score (nSPS) is 11.3. The van der Waals surface area contributed by atoms with E-state index in [1.807, 2.05) is 47.7 Å². The number of benzene rings is 2. The first kappa shape index (κ1) is 12.0. The molecule has 4 aromatic rings. The average Bonchev–Trinajstić information content (AvgIpc) is 3.00. The van der Waals surface area contributed by atoms with Gasteiger partial charge in [0.25, 0.3) is 0 Å². The second kappa shape index (κ2) is 4.34. The SMILES string of the molecule is Cn1nc(Nc2nn(C)c3ccccc23)c2ccccc21. The van der Waals surface area contributed by atoms with Crippen molar-refractivity contribution in [1.29, 1.82) is 0 Å². The Balaban J connectivity index is 1.87. The molecule has 0 aliphatic heterocycles. The highest BCUT2D eigenvalue weighted by atomic mass is 15.3. The molecular weight excluding hydrogens is 262 g/mol. The average molecular weight is 277 g/mol. The molecule has 21 heavy (non-hydrogen) atoms. The minimum atomic E-state index is 0.831. The topological polar surface area (TPSA) is 47.7 Å². The molecule has 0 aliphatic rings. The van der Waals surface area contributed by atoms with Crippen LogP contribution in [0.3, 0.4) is 0 Å². The molecule has 1 N–H and O–H groups in total. The third kappa shape index (κ3) is 1.78. The van der Waals surface area contributed by atoms with Gasteiger partial charge in [0.1, 0.15) is 0 Å². The zero-order chi connectivity index (χ0) is 14.4. The summed E-state index contributed by atoms with van der Waals surface area (Å²) in [5, 5.41) is 14.7. The Morgan fingerprint density at radius 2 is 1.14 bits per heavy atom. The lowest BCUT2D eigenvalue weighted by molar-refractivity contribution is 0.792. The molecule has 104 valence electrons. The molecule has 4 rings (SSSR count). The Labute approximate surface area is 121 Å². The Hall–Kier alpha value is -2.82. The molecule has 5 nitrogen and oxygen atoms in total. The first-order valence-corrected chi connectivity index (χ1v) is 6.84. The standard InChI is InChI=1S/C16H15N5/c1-20-13-9-5-3-7-11(13)15(18-20)17-16-12-8-4-6-10-14(12)21(2)19-16/h3-10H,1-2H3,(H,17,18,19). The number of hydrogen-bond donors (Lipinski definition) is 1. The van der Waals surface area contributed by atoms with Gasteiger partial charge in [-0.2, -0.15) is 10.2 Å². The maximum Gasteiger partial charge on any atom is 0.161 e. The van der Waals surface area contributed by atoms with Crippen molar-refractivity contribution in [3.8, 4) is 0 Å². The zero-order valence-corrected chi connectivity index (χ0v) is 11.9. The van der Waals surface area contributed by atoms with Crippen LogP contribution < -0.4 is 5.32 Å². The van der Waals surface area contributed by atoms with E-state index in [1.54, 1.807) is 0 Å². The predicted molar refractivity (Wildman–Crippen MR) is 84.7 cm³/mol. The summed E-state index contributed by atoms with van der Waals surface area (Å²) in [6.45, 7) is 0. The van der Waals surface area contributed by atoms with Gasteiger partial charge in [0.2, 0.25) is 0 Å². The van der Waals surface area contributed by atoms with E-state index in [0.717, 1.165) is 33.4 Å². The molecule has 0 unspecified atom stereocenters. The molecule has 0 aliphatic carbocycles. The highest BCUT2D eigenvalue weighted by Gasteiger charge is 2.12. The molecule has 2 heterocycles. The number of nitrogens with zero attached hydrogens (tertiary/aromatic N) is 4. The van der Waals surface area contributed by atoms with Crippen LogP contribution in [0.5, 0.6) is 0 Å². The first-order chi connectivity index (χ1) is 10.2. The van der Waals surface area contributed by atoms with Crippen LogP contribution in [-0.4, -0.2) is 19.6 Å². The fraction of sp³-hybridized carbons (Fsp3) is 0.125. The van der Waals surface area contributed by atoms with E-state index in [4.69, 9.17) is 0 Å². The summed E-state index contributed by atoms with van der Waals surface area (Å²) in [7, 11) is 3.90. The Bertz CT molecular complexity index is 870. The lowest BCUT2D eigenvalue weighted by atomic mass is 10.2. The van der Waals surface area contributed by atoms with E-state index < -0.39 is 0 Å². The molecule has 2 aromatic heterocycles. The summed E-state index contributed by atoms with van der Waals surface area (Å²) < 4.78 is 3.76. The summed E-state index contributed by atoms with van der Waals surface area (Å²) in [5.41, 5.74) is 2.19. The van der Waals surface area contributed by atoms with Crippen molar-refractivity contribution in [2.45, 2.75) is 0 Å². The zero-order valence-electron chi connectivity index (χ0n) is 11.9. The maximum absolute atomic E-state index is 4.56. The quantitative estimate of drug-likeness (QED) is 0.612. The summed E-state index contributed by atoms with van der Waals surface area (Å²) in [6, 6.07) is 16.3. The summed E-state index contributed by atoms with van der Waals surface area (Å²) in [6.07, 6.45) is 0. The van der Waals surface area contributed by atoms with Gasteiger partial charge in [0.05, 0.1) is 11.0 Å². The van der Waals surface area contributed by atoms with Gasteiger partial charge < -0.3 is 5.32 Å². The fourth-order valence-corrected chi connectivity index (χ4v) is 2.72. The lowest BCUT2D eigenvalue weighted by Gasteiger charge is -1.99. The number of fused-ring (bicyclic) bond motifs is 2. The number of rotatable bonds is 2. The molecule has 0 bridgehead atoms. The number of aryl methyl sites for hydroxylation is 2. The molecule has 0 atom stereocenters. The van der Waals surface area contributed by atoms with Crippen LogP contribution in [-0.2, 0) is 14.1 Å². The first-order valence-electron chi connectivity index (χ1n) is 6.84. The molecule has 0 saturated heterocycles. The molecule has 5 heteroatoms. The Morgan fingerprint density at radius 1 is 0.714 bits per heavy atom. The molecule has 0 spiro atoms. The van der Waals surface area contributed by atoms with Crippen LogP contribution >= 0.6 is 0 Å². The van der Waals surface area contributed by atoms with Crippen molar-refractivity contribution < 1.29 is 0 Å². The van der Waals surface area contributed by atoms with Gasteiger partial charge in [-0.25, -0.2) is 0 Å². The highest BCUT2D eigenvalue weighted by molar-refractivity contribution is 5.96. The minimum absolute atomic E-state index is 0.831. The number of aromatic nitrogens is 4. The van der Waals surface area contributed by atoms with Gasteiger partial charge in [-0.3, -0.25) is 9.36 Å². The van der Waals surface area contributed by atoms with E-state index in [2.05, 4.69) is 39.8 Å². The minimum Gasteiger partial charge on any atom is -0.321 e. The molecular formula is C16H15N5. The lowest BCUT2D eigenvalue weighted by Crippen LogP contribution is -1.96. The Morgan fingerprint density at radius 3 is 1.62 bits per heavy atom. The van der Waals surface area contributed by atoms with Crippen LogP contribution in [0.2, 0.25) is 0 Å². The van der Waals surface area contributed by atoms with Crippen LogP contribution in [0.25, 0.3) is 21.8 Å². The van der Waals surface area contributed by atoms with Gasteiger partial charge in [-0.05, 0) is 24.3 Å². The van der Waals surface area contributed by atoms with E-state index in [-0.39, 0.29) is 0 Å². The van der Waals surface area contributed by atoms with E-state index in [9.17, 15) is 0 Å². The second-order valence-electron chi connectivity index (χ2n) is 5.10. The molecule has 0 saturated carbocycles. The molecule has 0 radical (unpaired) electrons. The van der Waals surface area contributed by atoms with E-state index in [1.165, 1.54) is 0 Å². The van der Waals surface area contributed by atoms with E-state index >= 15 is 0 Å². The fourth-order valence-electron chi connectivity index (χ4n) is 2.72. The maximum atomic E-state index is 4.56. The predicted octanol–water partition coefficient (Wildman–Crippen LogP) is 3.20. The number of anilines is 2. The van der Waals surface area contributed by atoms with Crippen molar-refractivity contribution in [1.82, 2.24) is 19.6 Å². The number of hydrogen-bond acceptors (Lipinski definition) is 3. The van der Waals surface area contributed by atoms with Crippen molar-refractivity contribution >= 4 is 33.4 Å². The van der Waals surface area contributed by atoms with Crippen LogP contribution in [0.4, 0.5) is 11.6 Å². The van der Waals surface area contributed by atoms with E-state index in [0.29, 0.717) is 0 Å². The molecule has 2 aromatic carbocycles. The van der Waals surface area contributed by atoms with Crippen molar-refractivity contribution in [2.75, 3.05) is 5.32 Å². The monoisotopic (exact) mass is 277 g/mol. The van der Waals surface area contributed by atoms with Gasteiger partial charge in [0.15, 0.2) is 11.6 Å². The highest BCUT2D eigenvalue weighted by Crippen LogP contribution is 2.28. The van der Waals surface area contributed by atoms with Gasteiger partial charge in [0, 0.05) is 24.9 Å². The van der Waals surface area contributed by atoms with Crippen LogP contribution in [0.15, 0.2) is 48.5 Å². The van der Waals surface area contributed by atoms with Crippen LogP contribution in [0, 0.1) is 0 Å². The number of nitrogens with one attached hydrogen (secondary N) is 1. The number of para-hydroxylation sites is 2. The third-order valence-corrected chi connectivity index (χ3v) is 3.75. The third-order valence-electron chi connectivity index (χ3n) is 3.75. The smallest absolute Gasteiger partial charge is 0.161 e. The van der Waals surface area contributed by atoms with Gasteiger partial charge in [-0.1, -0.05) is 24.3 Å². The van der Waals surface area contributed by atoms with Crippen molar-refractivity contribution in [3.63, 3.8) is 0 Å². The van der Waals surface area contributed by atoms with Crippen LogP contribution in [0.1, 0.15) is 0 Å².